The minimum Gasteiger partial charge on any atom is -0.368 e. The lowest BCUT2D eigenvalue weighted by molar-refractivity contribution is -0.384. The van der Waals surface area contributed by atoms with Crippen LogP contribution in [0.2, 0.25) is 0 Å². The fraction of sp³-hybridized carbons (Fsp3) is 0.222. The Kier molecular flexibility index (Phi) is 3.35. The second-order valence-corrected chi connectivity index (χ2v) is 3.14. The standard InChI is InChI=1S/C9H11N3O3/c10-8(9(11)13)5-6-1-3-7(4-2-6)12(14)15/h1-4,8H,5,10H2,(H2,11,13)/t8-/m0/s1. The van der Waals surface area contributed by atoms with Crippen molar-refractivity contribution in [2.45, 2.75) is 12.5 Å². The number of hydrogen-bond donors (Lipinski definition) is 2. The number of nitro groups is 1. The van der Waals surface area contributed by atoms with E-state index in [4.69, 9.17) is 11.5 Å². The molecule has 1 aromatic carbocycles. The van der Waals surface area contributed by atoms with Gasteiger partial charge in [-0.3, -0.25) is 14.9 Å². The van der Waals surface area contributed by atoms with Gasteiger partial charge in [-0.1, -0.05) is 12.1 Å². The Morgan fingerprint density at radius 3 is 2.33 bits per heavy atom. The summed E-state index contributed by atoms with van der Waals surface area (Å²) in [5, 5.41) is 10.3. The predicted octanol–water partition coefficient (Wildman–Crippen LogP) is -0.0501. The number of amides is 1. The lowest BCUT2D eigenvalue weighted by atomic mass is 10.1. The van der Waals surface area contributed by atoms with E-state index in [9.17, 15) is 14.9 Å². The van der Waals surface area contributed by atoms with Gasteiger partial charge in [0.25, 0.3) is 5.69 Å². The van der Waals surface area contributed by atoms with E-state index in [0.717, 1.165) is 5.56 Å². The van der Waals surface area contributed by atoms with Crippen molar-refractivity contribution in [3.8, 4) is 0 Å². The summed E-state index contributed by atoms with van der Waals surface area (Å²) in [6.07, 6.45) is 0.285. The maximum absolute atomic E-state index is 10.7. The van der Waals surface area contributed by atoms with Crippen LogP contribution in [0, 0.1) is 10.1 Å². The average Bonchev–Trinajstić information content (AvgIpc) is 2.18. The molecule has 0 aliphatic rings. The normalized spacial score (nSPS) is 12.1. The van der Waals surface area contributed by atoms with E-state index in [1.165, 1.54) is 12.1 Å². The van der Waals surface area contributed by atoms with E-state index >= 15 is 0 Å². The number of benzene rings is 1. The zero-order chi connectivity index (χ0) is 11.4. The zero-order valence-corrected chi connectivity index (χ0v) is 7.92. The summed E-state index contributed by atoms with van der Waals surface area (Å²) >= 11 is 0. The highest BCUT2D eigenvalue weighted by atomic mass is 16.6. The summed E-state index contributed by atoms with van der Waals surface area (Å²) in [6, 6.07) is 5.08. The third kappa shape index (κ3) is 3.03. The molecule has 0 radical (unpaired) electrons. The minimum absolute atomic E-state index is 0.00592. The molecule has 4 N–H and O–H groups in total. The summed E-state index contributed by atoms with van der Waals surface area (Å²) in [7, 11) is 0. The Morgan fingerprint density at radius 1 is 1.40 bits per heavy atom. The number of nitro benzene ring substituents is 1. The number of carbonyl (C=O) groups is 1. The van der Waals surface area contributed by atoms with E-state index in [1.54, 1.807) is 12.1 Å². The first-order valence-corrected chi connectivity index (χ1v) is 4.29. The molecule has 0 unspecified atom stereocenters. The van der Waals surface area contributed by atoms with Crippen molar-refractivity contribution >= 4 is 11.6 Å². The Morgan fingerprint density at radius 2 is 1.93 bits per heavy atom. The van der Waals surface area contributed by atoms with Crippen molar-refractivity contribution in [2.75, 3.05) is 0 Å². The van der Waals surface area contributed by atoms with Crippen LogP contribution in [-0.4, -0.2) is 16.9 Å². The third-order valence-electron chi connectivity index (χ3n) is 1.97. The van der Waals surface area contributed by atoms with E-state index < -0.39 is 16.9 Å². The molecule has 1 atom stereocenters. The fourth-order valence-electron chi connectivity index (χ4n) is 1.11. The van der Waals surface area contributed by atoms with E-state index in [-0.39, 0.29) is 12.1 Å². The molecule has 0 fully saturated rings. The van der Waals surface area contributed by atoms with Gasteiger partial charge in [-0.15, -0.1) is 0 Å². The highest BCUT2D eigenvalue weighted by Gasteiger charge is 2.11. The van der Waals surface area contributed by atoms with Crippen molar-refractivity contribution in [3.63, 3.8) is 0 Å². The number of non-ortho nitro benzene ring substituents is 1. The van der Waals surface area contributed by atoms with Crippen molar-refractivity contribution < 1.29 is 9.72 Å². The molecule has 0 spiro atoms. The Balaban J connectivity index is 2.72. The summed E-state index contributed by atoms with van der Waals surface area (Å²) in [4.78, 5) is 20.5. The molecule has 0 saturated heterocycles. The van der Waals surface area contributed by atoms with Crippen LogP contribution in [0.15, 0.2) is 24.3 Å². The van der Waals surface area contributed by atoms with Gasteiger partial charge in [0.1, 0.15) is 0 Å². The van der Waals surface area contributed by atoms with Crippen LogP contribution in [0.1, 0.15) is 5.56 Å². The second-order valence-electron chi connectivity index (χ2n) is 3.14. The Bertz CT molecular complexity index is 375. The van der Waals surface area contributed by atoms with Crippen LogP contribution in [0.4, 0.5) is 5.69 Å². The van der Waals surface area contributed by atoms with E-state index in [1.807, 2.05) is 0 Å². The number of carbonyl (C=O) groups excluding carboxylic acids is 1. The van der Waals surface area contributed by atoms with Gasteiger partial charge in [0.15, 0.2) is 0 Å². The van der Waals surface area contributed by atoms with Gasteiger partial charge in [0, 0.05) is 12.1 Å². The van der Waals surface area contributed by atoms with Crippen molar-refractivity contribution in [2.24, 2.45) is 11.5 Å². The summed E-state index contributed by atoms with van der Waals surface area (Å²) < 4.78 is 0. The summed E-state index contributed by atoms with van der Waals surface area (Å²) in [5.74, 6) is -0.589. The van der Waals surface area contributed by atoms with Gasteiger partial charge in [0.05, 0.1) is 11.0 Å². The molecule has 1 amide bonds. The molecule has 15 heavy (non-hydrogen) atoms. The number of nitrogens with zero attached hydrogens (tertiary/aromatic N) is 1. The first kappa shape index (κ1) is 11.1. The predicted molar refractivity (Wildman–Crippen MR) is 54.0 cm³/mol. The minimum atomic E-state index is -0.758. The topological polar surface area (TPSA) is 112 Å². The number of primary amides is 1. The highest BCUT2D eigenvalue weighted by molar-refractivity contribution is 5.79. The van der Waals surface area contributed by atoms with Crippen molar-refractivity contribution in [1.29, 1.82) is 0 Å². The second kappa shape index (κ2) is 4.52. The quantitative estimate of drug-likeness (QED) is 0.534. The highest BCUT2D eigenvalue weighted by Crippen LogP contribution is 2.12. The van der Waals surface area contributed by atoms with Crippen LogP contribution >= 0.6 is 0 Å². The molecule has 0 aromatic heterocycles. The monoisotopic (exact) mass is 209 g/mol. The smallest absolute Gasteiger partial charge is 0.269 e. The molecule has 0 aliphatic heterocycles. The van der Waals surface area contributed by atoms with E-state index in [2.05, 4.69) is 0 Å². The molecular weight excluding hydrogens is 198 g/mol. The molecule has 0 aliphatic carbocycles. The Hall–Kier alpha value is -1.95. The molecule has 1 aromatic rings. The summed E-state index contributed by atoms with van der Waals surface area (Å²) in [6.45, 7) is 0. The van der Waals surface area contributed by atoms with Gasteiger partial charge >= 0.3 is 0 Å². The zero-order valence-electron chi connectivity index (χ0n) is 7.92. The van der Waals surface area contributed by atoms with Crippen molar-refractivity contribution in [3.05, 3.63) is 39.9 Å². The first-order chi connectivity index (χ1) is 7.00. The van der Waals surface area contributed by atoms with Crippen LogP contribution in [0.3, 0.4) is 0 Å². The largest absolute Gasteiger partial charge is 0.368 e. The van der Waals surface area contributed by atoms with E-state index in [0.29, 0.717) is 0 Å². The third-order valence-corrected chi connectivity index (χ3v) is 1.97. The lowest BCUT2D eigenvalue weighted by Crippen LogP contribution is -2.38. The molecule has 0 heterocycles. The molecule has 0 bridgehead atoms. The molecule has 6 heteroatoms. The number of nitrogens with two attached hydrogens (primary N) is 2. The molecule has 1 rings (SSSR count). The van der Waals surface area contributed by atoms with Gasteiger partial charge in [-0.2, -0.15) is 0 Å². The Labute approximate surface area is 86.0 Å². The average molecular weight is 209 g/mol. The van der Waals surface area contributed by atoms with Gasteiger partial charge in [-0.25, -0.2) is 0 Å². The molecule has 80 valence electrons. The molecule has 6 nitrogen and oxygen atoms in total. The number of hydrogen-bond acceptors (Lipinski definition) is 4. The fourth-order valence-corrected chi connectivity index (χ4v) is 1.11. The maximum atomic E-state index is 10.7. The van der Waals surface area contributed by atoms with Gasteiger partial charge in [0.2, 0.25) is 5.91 Å². The maximum Gasteiger partial charge on any atom is 0.269 e. The molecular formula is C9H11N3O3. The van der Waals surface area contributed by atoms with Gasteiger partial charge < -0.3 is 11.5 Å². The van der Waals surface area contributed by atoms with Crippen LogP contribution in [-0.2, 0) is 11.2 Å². The number of rotatable bonds is 4. The SMILES string of the molecule is NC(=O)[C@@H](N)Cc1ccc([N+](=O)[O-])cc1. The first-order valence-electron chi connectivity index (χ1n) is 4.29. The van der Waals surface area contributed by atoms with Crippen molar-refractivity contribution in [1.82, 2.24) is 0 Å². The van der Waals surface area contributed by atoms with Crippen LogP contribution in [0.5, 0.6) is 0 Å². The summed E-state index contributed by atoms with van der Waals surface area (Å²) in [5.41, 5.74) is 11.2. The molecule has 0 saturated carbocycles. The van der Waals surface area contributed by atoms with Gasteiger partial charge in [-0.05, 0) is 12.0 Å². The van der Waals surface area contributed by atoms with Crippen LogP contribution in [0.25, 0.3) is 0 Å². The lowest BCUT2D eigenvalue weighted by Gasteiger charge is -2.06. The van der Waals surface area contributed by atoms with Crippen LogP contribution < -0.4 is 11.5 Å².